The topological polar surface area (TPSA) is 35.5 Å². The minimum Gasteiger partial charge on any atom is -0.486 e. The fourth-order valence-corrected chi connectivity index (χ4v) is 2.19. The number of fused-ring (bicyclic) bond motifs is 1. The van der Waals surface area contributed by atoms with Gasteiger partial charge in [0.2, 0.25) is 0 Å². The molecule has 0 aromatic heterocycles. The molecule has 0 spiro atoms. The zero-order chi connectivity index (χ0) is 15.0. The molecule has 3 nitrogen and oxygen atoms in total. The quantitative estimate of drug-likeness (QED) is 0.628. The van der Waals surface area contributed by atoms with Crippen LogP contribution in [0, 0.1) is 11.6 Å². The second kappa shape index (κ2) is 5.33. The molecule has 6 heteroatoms. The van der Waals surface area contributed by atoms with Crippen molar-refractivity contribution >= 4 is 17.4 Å². The summed E-state index contributed by atoms with van der Waals surface area (Å²) in [5.74, 6) is -1.46. The van der Waals surface area contributed by atoms with Gasteiger partial charge in [-0.3, -0.25) is 4.79 Å². The van der Waals surface area contributed by atoms with Crippen LogP contribution in [0.3, 0.4) is 0 Å². The zero-order valence-electron chi connectivity index (χ0n) is 10.7. The summed E-state index contributed by atoms with van der Waals surface area (Å²) in [5, 5.41) is -0.369. The third-order valence-electron chi connectivity index (χ3n) is 3.06. The smallest absolute Gasteiger partial charge is 0.196 e. The molecule has 0 saturated heterocycles. The van der Waals surface area contributed by atoms with E-state index in [1.54, 1.807) is 6.07 Å². The maximum absolute atomic E-state index is 13.8. The Morgan fingerprint density at radius 2 is 1.71 bits per heavy atom. The van der Waals surface area contributed by atoms with E-state index in [2.05, 4.69) is 0 Å². The highest BCUT2D eigenvalue weighted by Gasteiger charge is 2.20. The number of hydrogen-bond acceptors (Lipinski definition) is 3. The van der Waals surface area contributed by atoms with E-state index in [1.807, 2.05) is 0 Å². The summed E-state index contributed by atoms with van der Waals surface area (Å²) in [6.45, 7) is 0.798. The van der Waals surface area contributed by atoms with Crippen molar-refractivity contribution in [3.05, 3.63) is 58.1 Å². The summed E-state index contributed by atoms with van der Waals surface area (Å²) >= 11 is 5.47. The fourth-order valence-electron chi connectivity index (χ4n) is 2.04. The average Bonchev–Trinajstić information content (AvgIpc) is 2.50. The highest BCUT2D eigenvalue weighted by molar-refractivity contribution is 6.30. The van der Waals surface area contributed by atoms with Gasteiger partial charge in [-0.05, 0) is 30.3 Å². The van der Waals surface area contributed by atoms with Gasteiger partial charge in [-0.1, -0.05) is 11.6 Å². The van der Waals surface area contributed by atoms with Crippen molar-refractivity contribution in [2.75, 3.05) is 13.2 Å². The molecule has 1 aliphatic heterocycles. The first-order valence-corrected chi connectivity index (χ1v) is 6.53. The van der Waals surface area contributed by atoms with Crippen LogP contribution in [0.15, 0.2) is 30.3 Å². The largest absolute Gasteiger partial charge is 0.486 e. The van der Waals surface area contributed by atoms with Crippen LogP contribution in [0.4, 0.5) is 8.78 Å². The van der Waals surface area contributed by atoms with Crippen molar-refractivity contribution in [1.29, 1.82) is 0 Å². The van der Waals surface area contributed by atoms with E-state index in [-0.39, 0.29) is 16.1 Å². The van der Waals surface area contributed by atoms with Crippen LogP contribution >= 0.6 is 11.6 Å². The third kappa shape index (κ3) is 2.56. The van der Waals surface area contributed by atoms with Crippen molar-refractivity contribution in [1.82, 2.24) is 0 Å². The molecule has 108 valence electrons. The van der Waals surface area contributed by atoms with E-state index in [4.69, 9.17) is 21.1 Å². The number of hydrogen-bond donors (Lipinski definition) is 0. The average molecular weight is 311 g/mol. The summed E-state index contributed by atoms with van der Waals surface area (Å²) < 4.78 is 37.9. The van der Waals surface area contributed by atoms with Gasteiger partial charge in [0.05, 0.1) is 10.6 Å². The molecule has 0 N–H and O–H groups in total. The molecule has 0 radical (unpaired) electrons. The van der Waals surface area contributed by atoms with Crippen LogP contribution in [-0.4, -0.2) is 19.0 Å². The minimum atomic E-state index is -0.874. The van der Waals surface area contributed by atoms with Crippen LogP contribution in [0.25, 0.3) is 0 Å². The number of benzene rings is 2. The lowest BCUT2D eigenvalue weighted by molar-refractivity contribution is 0.103. The summed E-state index contributed by atoms with van der Waals surface area (Å²) in [6.07, 6.45) is 0. The summed E-state index contributed by atoms with van der Waals surface area (Å²) in [4.78, 5) is 12.3. The van der Waals surface area contributed by atoms with Gasteiger partial charge in [0.15, 0.2) is 17.3 Å². The van der Waals surface area contributed by atoms with Crippen LogP contribution in [0.1, 0.15) is 15.9 Å². The van der Waals surface area contributed by atoms with Gasteiger partial charge < -0.3 is 9.47 Å². The number of ketones is 1. The van der Waals surface area contributed by atoms with Gasteiger partial charge in [-0.15, -0.1) is 0 Å². The second-order valence-corrected chi connectivity index (χ2v) is 4.84. The van der Waals surface area contributed by atoms with Gasteiger partial charge >= 0.3 is 0 Å². The number of carbonyl (C=O) groups excluding carboxylic acids is 1. The molecule has 0 unspecified atom stereocenters. The van der Waals surface area contributed by atoms with Gasteiger partial charge in [-0.2, -0.15) is 0 Å². The number of carbonyl (C=O) groups is 1. The van der Waals surface area contributed by atoms with Gasteiger partial charge in [0.1, 0.15) is 24.8 Å². The van der Waals surface area contributed by atoms with E-state index in [0.717, 1.165) is 12.1 Å². The van der Waals surface area contributed by atoms with E-state index < -0.39 is 17.4 Å². The van der Waals surface area contributed by atoms with Crippen LogP contribution in [0.2, 0.25) is 5.02 Å². The Bertz CT molecular complexity index is 731. The lowest BCUT2D eigenvalue weighted by Gasteiger charge is -2.18. The molecule has 0 fully saturated rings. The Balaban J connectivity index is 2.01. The molecular formula is C15H9ClF2O3. The molecule has 1 aliphatic rings. The number of ether oxygens (including phenoxy) is 2. The molecular weight excluding hydrogens is 302 g/mol. The summed E-state index contributed by atoms with van der Waals surface area (Å²) in [5.41, 5.74) is -0.201. The molecule has 0 amide bonds. The van der Waals surface area contributed by atoms with Crippen molar-refractivity contribution in [3.8, 4) is 11.5 Å². The molecule has 1 heterocycles. The van der Waals surface area contributed by atoms with E-state index >= 15 is 0 Å². The van der Waals surface area contributed by atoms with E-state index in [9.17, 15) is 13.6 Å². The van der Waals surface area contributed by atoms with Crippen molar-refractivity contribution in [2.45, 2.75) is 0 Å². The summed E-state index contributed by atoms with van der Waals surface area (Å²) in [7, 11) is 0. The summed E-state index contributed by atoms with van der Waals surface area (Å²) in [6, 6.07) is 6.05. The second-order valence-electron chi connectivity index (χ2n) is 4.43. The normalized spacial score (nSPS) is 13.1. The van der Waals surface area contributed by atoms with E-state index in [0.29, 0.717) is 24.7 Å². The van der Waals surface area contributed by atoms with Crippen molar-refractivity contribution in [2.24, 2.45) is 0 Å². The predicted molar refractivity (Wildman–Crippen MR) is 72.2 cm³/mol. The van der Waals surface area contributed by atoms with Crippen LogP contribution in [-0.2, 0) is 0 Å². The molecule has 0 atom stereocenters. The Morgan fingerprint density at radius 3 is 2.48 bits per heavy atom. The molecule has 0 bridgehead atoms. The molecule has 3 rings (SSSR count). The fraction of sp³-hybridized carbons (Fsp3) is 0.133. The minimum absolute atomic E-state index is 0.180. The molecule has 21 heavy (non-hydrogen) atoms. The predicted octanol–water partition coefficient (Wildman–Crippen LogP) is 3.62. The number of rotatable bonds is 2. The first-order valence-electron chi connectivity index (χ1n) is 6.15. The maximum Gasteiger partial charge on any atom is 0.196 e. The van der Waals surface area contributed by atoms with Crippen LogP contribution < -0.4 is 9.47 Å². The molecule has 2 aromatic carbocycles. The first kappa shape index (κ1) is 13.8. The third-order valence-corrected chi connectivity index (χ3v) is 3.35. The first-order chi connectivity index (χ1) is 10.1. The van der Waals surface area contributed by atoms with Gasteiger partial charge in [0.25, 0.3) is 0 Å². The Morgan fingerprint density at radius 1 is 1.00 bits per heavy atom. The molecule has 0 saturated carbocycles. The zero-order valence-corrected chi connectivity index (χ0v) is 11.4. The maximum atomic E-state index is 13.8. The standard InChI is InChI=1S/C15H9ClF2O3/c16-10-7-11(17)9(6-12(10)18)15(19)8-1-2-13-14(5-8)21-4-3-20-13/h1-2,5-7H,3-4H2. The van der Waals surface area contributed by atoms with Crippen molar-refractivity contribution in [3.63, 3.8) is 0 Å². The SMILES string of the molecule is O=C(c1ccc2c(c1)OCCO2)c1cc(F)c(Cl)cc1F. The Labute approximate surface area is 124 Å². The molecule has 0 aliphatic carbocycles. The molecule has 2 aromatic rings. The van der Waals surface area contributed by atoms with Gasteiger partial charge in [0, 0.05) is 5.56 Å². The monoisotopic (exact) mass is 310 g/mol. The van der Waals surface area contributed by atoms with Crippen LogP contribution in [0.5, 0.6) is 11.5 Å². The lowest BCUT2D eigenvalue weighted by Crippen LogP contribution is -2.16. The highest BCUT2D eigenvalue weighted by atomic mass is 35.5. The number of halogens is 3. The highest BCUT2D eigenvalue weighted by Crippen LogP contribution is 2.32. The van der Waals surface area contributed by atoms with Gasteiger partial charge in [-0.25, -0.2) is 8.78 Å². The lowest BCUT2D eigenvalue weighted by atomic mass is 10.0. The Kier molecular flexibility index (Phi) is 3.51. The van der Waals surface area contributed by atoms with Crippen molar-refractivity contribution < 1.29 is 23.0 Å². The van der Waals surface area contributed by atoms with E-state index in [1.165, 1.54) is 12.1 Å². The Hall–Kier alpha value is -2.14.